The molecular formula is C16H15NO4S4. The van der Waals surface area contributed by atoms with Crippen molar-refractivity contribution >= 4 is 42.5 Å². The molecule has 0 aliphatic rings. The Morgan fingerprint density at radius 1 is 0.800 bits per heavy atom. The smallest absolute Gasteiger partial charge is 0.222 e. The molecule has 0 bridgehead atoms. The molecule has 0 aliphatic carbocycles. The van der Waals surface area contributed by atoms with Crippen molar-refractivity contribution in [3.8, 4) is 0 Å². The largest absolute Gasteiger partial charge is 0.250 e. The summed E-state index contributed by atoms with van der Waals surface area (Å²) >= 11 is 2.21. The molecular weight excluding hydrogens is 398 g/mol. The van der Waals surface area contributed by atoms with Gasteiger partial charge in [-0.25, -0.2) is 21.6 Å². The van der Waals surface area contributed by atoms with Gasteiger partial charge >= 0.3 is 0 Å². The lowest BCUT2D eigenvalue weighted by atomic mass is 10.1. The highest BCUT2D eigenvalue weighted by atomic mass is 32.2. The standard InChI is InChI=1S/C16H15NO4S4/c18-24(19,15-8-4-10-22-15)14(13-6-2-1-3-7-13)12-17-25(20,21)16-9-5-11-23-16/h1-11,14,17H,12H2/t14-/m0/s1. The Balaban J connectivity index is 1.93. The van der Waals surface area contributed by atoms with Crippen LogP contribution in [0.15, 0.2) is 73.8 Å². The van der Waals surface area contributed by atoms with E-state index in [9.17, 15) is 16.8 Å². The third-order valence-corrected chi connectivity index (χ3v) is 9.89. The van der Waals surface area contributed by atoms with Crippen LogP contribution in [-0.4, -0.2) is 23.4 Å². The Hall–Kier alpha value is -1.52. The molecule has 2 aromatic heterocycles. The Labute approximate surface area is 154 Å². The van der Waals surface area contributed by atoms with Crippen LogP contribution in [0.2, 0.25) is 0 Å². The predicted molar refractivity (Wildman–Crippen MR) is 100 cm³/mol. The molecule has 1 aromatic carbocycles. The van der Waals surface area contributed by atoms with Gasteiger partial charge in [-0.05, 0) is 28.5 Å². The van der Waals surface area contributed by atoms with Crippen LogP contribution >= 0.6 is 22.7 Å². The summed E-state index contributed by atoms with van der Waals surface area (Å²) in [5.41, 5.74) is 0.546. The van der Waals surface area contributed by atoms with E-state index in [0.29, 0.717) is 5.56 Å². The van der Waals surface area contributed by atoms with Crippen molar-refractivity contribution in [1.29, 1.82) is 0 Å². The number of sulfonamides is 1. The maximum absolute atomic E-state index is 13.0. The Bertz CT molecular complexity index is 1010. The van der Waals surface area contributed by atoms with E-state index in [0.717, 1.165) is 22.7 Å². The first-order valence-electron chi connectivity index (χ1n) is 7.27. The topological polar surface area (TPSA) is 80.3 Å². The number of thiophene rings is 2. The zero-order chi connectivity index (χ0) is 17.9. The van der Waals surface area contributed by atoms with Crippen LogP contribution in [0.25, 0.3) is 0 Å². The average molecular weight is 414 g/mol. The van der Waals surface area contributed by atoms with Crippen LogP contribution in [-0.2, 0) is 19.9 Å². The fourth-order valence-corrected chi connectivity index (χ4v) is 7.37. The SMILES string of the molecule is O=S(=O)(NC[C@@H](c1ccccc1)S(=O)(=O)c1cccs1)c1cccs1. The molecule has 0 saturated heterocycles. The first-order chi connectivity index (χ1) is 11.9. The first-order valence-corrected chi connectivity index (χ1v) is 12.1. The minimum atomic E-state index is -3.74. The zero-order valence-electron chi connectivity index (χ0n) is 12.9. The minimum Gasteiger partial charge on any atom is -0.222 e. The fourth-order valence-electron chi connectivity index (χ4n) is 2.31. The summed E-state index contributed by atoms with van der Waals surface area (Å²) in [4.78, 5) is 0. The molecule has 1 N–H and O–H groups in total. The van der Waals surface area contributed by atoms with Gasteiger partial charge in [0, 0.05) is 6.54 Å². The highest BCUT2D eigenvalue weighted by Crippen LogP contribution is 2.31. The second-order valence-electron chi connectivity index (χ2n) is 5.16. The number of sulfone groups is 1. The van der Waals surface area contributed by atoms with Crippen LogP contribution in [0.5, 0.6) is 0 Å². The van der Waals surface area contributed by atoms with E-state index in [4.69, 9.17) is 0 Å². The van der Waals surface area contributed by atoms with Crippen LogP contribution in [0.4, 0.5) is 0 Å². The molecule has 3 rings (SSSR count). The summed E-state index contributed by atoms with van der Waals surface area (Å²) < 4.78 is 53.5. The summed E-state index contributed by atoms with van der Waals surface area (Å²) in [6.07, 6.45) is 0. The lowest BCUT2D eigenvalue weighted by Crippen LogP contribution is -2.31. The van der Waals surface area contributed by atoms with Gasteiger partial charge in [-0.1, -0.05) is 42.5 Å². The summed E-state index contributed by atoms with van der Waals surface area (Å²) in [5.74, 6) is 0. The molecule has 0 spiro atoms. The molecule has 0 amide bonds. The third-order valence-electron chi connectivity index (χ3n) is 3.54. The first kappa shape index (κ1) is 18.3. The molecule has 0 fully saturated rings. The normalized spacial score (nSPS) is 13.6. The Kier molecular flexibility index (Phi) is 5.40. The van der Waals surface area contributed by atoms with Gasteiger partial charge in [0.2, 0.25) is 10.0 Å². The molecule has 132 valence electrons. The summed E-state index contributed by atoms with van der Waals surface area (Å²) in [6, 6.07) is 15.0. The Morgan fingerprint density at radius 3 is 1.96 bits per heavy atom. The lowest BCUT2D eigenvalue weighted by molar-refractivity contribution is 0.571. The van der Waals surface area contributed by atoms with Crippen molar-refractivity contribution in [3.05, 3.63) is 70.9 Å². The fraction of sp³-hybridized carbons (Fsp3) is 0.125. The molecule has 0 aliphatic heterocycles. The Morgan fingerprint density at radius 2 is 1.40 bits per heavy atom. The molecule has 0 radical (unpaired) electrons. The van der Waals surface area contributed by atoms with Crippen LogP contribution < -0.4 is 4.72 Å². The average Bonchev–Trinajstić information content (AvgIpc) is 3.30. The van der Waals surface area contributed by atoms with Crippen LogP contribution in [0, 0.1) is 0 Å². The molecule has 5 nitrogen and oxygen atoms in total. The molecule has 1 atom stereocenters. The summed E-state index contributed by atoms with van der Waals surface area (Å²) in [6.45, 7) is -0.232. The second kappa shape index (κ2) is 7.38. The van der Waals surface area contributed by atoms with Gasteiger partial charge in [-0.15, -0.1) is 22.7 Å². The minimum absolute atomic E-state index is 0.160. The van der Waals surface area contributed by atoms with Crippen molar-refractivity contribution in [2.45, 2.75) is 13.7 Å². The second-order valence-corrected chi connectivity index (χ2v) is 11.4. The highest BCUT2D eigenvalue weighted by Gasteiger charge is 2.31. The summed E-state index contributed by atoms with van der Waals surface area (Å²) in [7, 11) is -7.45. The number of hydrogen-bond acceptors (Lipinski definition) is 6. The van der Waals surface area contributed by atoms with Gasteiger partial charge in [-0.3, -0.25) is 0 Å². The van der Waals surface area contributed by atoms with Gasteiger partial charge in [0.25, 0.3) is 0 Å². The third kappa shape index (κ3) is 4.01. The van der Waals surface area contributed by atoms with Gasteiger partial charge < -0.3 is 0 Å². The number of nitrogens with one attached hydrogen (secondary N) is 1. The van der Waals surface area contributed by atoms with E-state index in [1.165, 1.54) is 12.1 Å². The van der Waals surface area contributed by atoms with Crippen LogP contribution in [0.3, 0.4) is 0 Å². The lowest BCUT2D eigenvalue weighted by Gasteiger charge is -2.18. The molecule has 2 heterocycles. The van der Waals surface area contributed by atoms with Crippen molar-refractivity contribution in [2.24, 2.45) is 0 Å². The zero-order valence-corrected chi connectivity index (χ0v) is 16.2. The van der Waals surface area contributed by atoms with E-state index >= 15 is 0 Å². The monoisotopic (exact) mass is 413 g/mol. The van der Waals surface area contributed by atoms with E-state index < -0.39 is 25.1 Å². The maximum atomic E-state index is 13.0. The van der Waals surface area contributed by atoms with Gasteiger partial charge in [0.05, 0.1) is 0 Å². The van der Waals surface area contributed by atoms with Gasteiger partial charge in [0.15, 0.2) is 9.84 Å². The van der Waals surface area contributed by atoms with Crippen molar-refractivity contribution in [2.75, 3.05) is 6.54 Å². The molecule has 0 unspecified atom stereocenters. The highest BCUT2D eigenvalue weighted by molar-refractivity contribution is 7.94. The van der Waals surface area contributed by atoms with Crippen LogP contribution in [0.1, 0.15) is 10.8 Å². The van der Waals surface area contributed by atoms with E-state index in [2.05, 4.69) is 4.72 Å². The van der Waals surface area contributed by atoms with E-state index in [1.807, 2.05) is 0 Å². The van der Waals surface area contributed by atoms with Crippen molar-refractivity contribution in [1.82, 2.24) is 4.72 Å². The number of benzene rings is 1. The molecule has 0 saturated carbocycles. The summed E-state index contributed by atoms with van der Waals surface area (Å²) in [5, 5.41) is 2.35. The quantitative estimate of drug-likeness (QED) is 0.644. The van der Waals surface area contributed by atoms with Gasteiger partial charge in [0.1, 0.15) is 13.7 Å². The van der Waals surface area contributed by atoms with E-state index in [-0.39, 0.29) is 15.0 Å². The number of hydrogen-bond donors (Lipinski definition) is 1. The van der Waals surface area contributed by atoms with E-state index in [1.54, 1.807) is 53.2 Å². The van der Waals surface area contributed by atoms with Crippen molar-refractivity contribution in [3.63, 3.8) is 0 Å². The number of rotatable bonds is 7. The molecule has 3 aromatic rings. The maximum Gasteiger partial charge on any atom is 0.250 e. The van der Waals surface area contributed by atoms with Gasteiger partial charge in [-0.2, -0.15) is 0 Å². The van der Waals surface area contributed by atoms with Crippen molar-refractivity contribution < 1.29 is 16.8 Å². The molecule has 25 heavy (non-hydrogen) atoms. The predicted octanol–water partition coefficient (Wildman–Crippen LogP) is 3.30. The molecule has 9 heteroatoms.